The lowest BCUT2D eigenvalue weighted by Gasteiger charge is -2.19. The Kier molecular flexibility index (Phi) is 3.42. The Hall–Kier alpha value is -2.20. The fourth-order valence-corrected chi connectivity index (χ4v) is 3.00. The molecule has 2 aromatic carbocycles. The highest BCUT2D eigenvalue weighted by Crippen LogP contribution is 2.50. The summed E-state index contributed by atoms with van der Waals surface area (Å²) in [6, 6.07) is 12.6. The zero-order valence-corrected chi connectivity index (χ0v) is 13.1. The Bertz CT molecular complexity index is 767. The molecule has 2 aliphatic rings. The summed E-state index contributed by atoms with van der Waals surface area (Å²) in [5.74, 6) is 1.49. The van der Waals surface area contributed by atoms with Crippen LogP contribution in [0.1, 0.15) is 18.4 Å². The summed E-state index contributed by atoms with van der Waals surface area (Å²) in [5, 5.41) is 0.626. The van der Waals surface area contributed by atoms with Crippen molar-refractivity contribution in [3.8, 4) is 17.2 Å². The molecule has 1 aliphatic heterocycles. The second-order valence-corrected chi connectivity index (χ2v) is 6.22. The maximum absolute atomic E-state index is 12.6. The summed E-state index contributed by atoms with van der Waals surface area (Å²) in [6.45, 7) is 1.03. The smallest absolute Gasteiger partial charge is 0.321 e. The van der Waals surface area contributed by atoms with E-state index in [2.05, 4.69) is 0 Å². The molecule has 1 saturated carbocycles. The van der Waals surface area contributed by atoms with Crippen molar-refractivity contribution in [2.75, 3.05) is 13.2 Å². The molecule has 0 radical (unpaired) electrons. The maximum atomic E-state index is 12.6. The Labute approximate surface area is 138 Å². The molecule has 4 rings (SSSR count). The van der Waals surface area contributed by atoms with Gasteiger partial charge in [0.1, 0.15) is 19.0 Å². The zero-order chi connectivity index (χ0) is 15.9. The van der Waals surface area contributed by atoms with Crippen molar-refractivity contribution in [3.05, 3.63) is 53.1 Å². The Morgan fingerprint density at radius 3 is 2.57 bits per heavy atom. The van der Waals surface area contributed by atoms with Gasteiger partial charge in [0.15, 0.2) is 11.5 Å². The third-order valence-corrected chi connectivity index (χ3v) is 4.48. The molecule has 0 bridgehead atoms. The second-order valence-electron chi connectivity index (χ2n) is 5.79. The number of hydrogen-bond donors (Lipinski definition) is 0. The zero-order valence-electron chi connectivity index (χ0n) is 12.4. The standard InChI is InChI=1S/C18H15ClO4/c19-13-3-1-2-12(10-13)18(6-7-18)17(20)23-14-4-5-15-16(11-14)22-9-8-21-15/h1-5,10-11H,6-9H2. The molecule has 0 spiro atoms. The fourth-order valence-electron chi connectivity index (χ4n) is 2.81. The Morgan fingerprint density at radius 2 is 1.83 bits per heavy atom. The van der Waals surface area contributed by atoms with E-state index in [4.69, 9.17) is 25.8 Å². The van der Waals surface area contributed by atoms with Crippen molar-refractivity contribution in [2.24, 2.45) is 0 Å². The van der Waals surface area contributed by atoms with Crippen LogP contribution >= 0.6 is 11.6 Å². The minimum absolute atomic E-state index is 0.253. The number of esters is 1. The van der Waals surface area contributed by atoms with Gasteiger partial charge in [-0.25, -0.2) is 0 Å². The average Bonchev–Trinajstić information content (AvgIpc) is 3.37. The summed E-state index contributed by atoms with van der Waals surface area (Å²) in [4.78, 5) is 12.6. The van der Waals surface area contributed by atoms with Crippen LogP contribution in [-0.4, -0.2) is 19.2 Å². The molecule has 0 N–H and O–H groups in total. The number of carbonyl (C=O) groups is 1. The number of rotatable bonds is 3. The van der Waals surface area contributed by atoms with Gasteiger partial charge in [-0.05, 0) is 42.7 Å². The van der Waals surface area contributed by atoms with Gasteiger partial charge >= 0.3 is 5.97 Å². The van der Waals surface area contributed by atoms with E-state index in [0.717, 1.165) is 18.4 Å². The highest BCUT2D eigenvalue weighted by molar-refractivity contribution is 6.30. The van der Waals surface area contributed by atoms with Crippen LogP contribution in [0, 0.1) is 0 Å². The van der Waals surface area contributed by atoms with Crippen LogP contribution in [0.5, 0.6) is 17.2 Å². The predicted molar refractivity (Wildman–Crippen MR) is 85.4 cm³/mol. The van der Waals surface area contributed by atoms with Crippen molar-refractivity contribution in [3.63, 3.8) is 0 Å². The first-order valence-corrected chi connectivity index (χ1v) is 7.93. The van der Waals surface area contributed by atoms with Crippen LogP contribution in [0.4, 0.5) is 0 Å². The summed E-state index contributed by atoms with van der Waals surface area (Å²) in [7, 11) is 0. The molecule has 2 aromatic rings. The quantitative estimate of drug-likeness (QED) is 0.635. The number of carbonyl (C=O) groups excluding carboxylic acids is 1. The van der Waals surface area contributed by atoms with Gasteiger partial charge in [-0.2, -0.15) is 0 Å². The van der Waals surface area contributed by atoms with Crippen LogP contribution in [0.3, 0.4) is 0 Å². The normalized spacial score (nSPS) is 17.4. The van der Waals surface area contributed by atoms with E-state index in [-0.39, 0.29) is 5.97 Å². The van der Waals surface area contributed by atoms with E-state index in [1.165, 1.54) is 0 Å². The van der Waals surface area contributed by atoms with Crippen LogP contribution < -0.4 is 14.2 Å². The topological polar surface area (TPSA) is 44.8 Å². The van der Waals surface area contributed by atoms with Gasteiger partial charge in [-0.1, -0.05) is 23.7 Å². The van der Waals surface area contributed by atoms with Crippen molar-refractivity contribution in [1.82, 2.24) is 0 Å². The summed E-state index contributed by atoms with van der Waals surface area (Å²) in [6.07, 6.45) is 1.55. The molecular formula is C18H15ClO4. The van der Waals surface area contributed by atoms with E-state index in [9.17, 15) is 4.79 Å². The first-order valence-electron chi connectivity index (χ1n) is 7.55. The van der Waals surface area contributed by atoms with Crippen molar-refractivity contribution in [2.45, 2.75) is 18.3 Å². The predicted octanol–water partition coefficient (Wildman–Crippen LogP) is 3.75. The molecule has 0 saturated heterocycles. The van der Waals surface area contributed by atoms with E-state index >= 15 is 0 Å². The maximum Gasteiger partial charge on any atom is 0.321 e. The SMILES string of the molecule is O=C(Oc1ccc2c(c1)OCCO2)C1(c2cccc(Cl)c2)CC1. The third kappa shape index (κ3) is 2.63. The molecule has 4 nitrogen and oxygen atoms in total. The van der Waals surface area contributed by atoms with Gasteiger partial charge in [0, 0.05) is 11.1 Å². The lowest BCUT2D eigenvalue weighted by molar-refractivity contribution is -0.137. The molecule has 0 aromatic heterocycles. The molecule has 1 fully saturated rings. The third-order valence-electron chi connectivity index (χ3n) is 4.24. The lowest BCUT2D eigenvalue weighted by atomic mass is 9.96. The summed E-state index contributed by atoms with van der Waals surface area (Å²) in [5.41, 5.74) is 0.338. The van der Waals surface area contributed by atoms with Gasteiger partial charge < -0.3 is 14.2 Å². The molecule has 23 heavy (non-hydrogen) atoms. The minimum Gasteiger partial charge on any atom is -0.486 e. The first-order chi connectivity index (χ1) is 11.2. The number of benzene rings is 2. The first kappa shape index (κ1) is 14.4. The van der Waals surface area contributed by atoms with Crippen molar-refractivity contribution >= 4 is 17.6 Å². The van der Waals surface area contributed by atoms with Crippen molar-refractivity contribution in [1.29, 1.82) is 0 Å². The largest absolute Gasteiger partial charge is 0.486 e. The molecule has 0 unspecified atom stereocenters. The van der Waals surface area contributed by atoms with Gasteiger partial charge in [-0.15, -0.1) is 0 Å². The molecule has 118 valence electrons. The van der Waals surface area contributed by atoms with Gasteiger partial charge in [-0.3, -0.25) is 4.79 Å². The molecule has 5 heteroatoms. The van der Waals surface area contributed by atoms with Crippen LogP contribution in [0.15, 0.2) is 42.5 Å². The Morgan fingerprint density at radius 1 is 1.04 bits per heavy atom. The summed E-state index contributed by atoms with van der Waals surface area (Å²) >= 11 is 6.04. The molecule has 0 atom stereocenters. The van der Waals surface area contributed by atoms with Crippen molar-refractivity contribution < 1.29 is 19.0 Å². The van der Waals surface area contributed by atoms with E-state index in [1.54, 1.807) is 24.3 Å². The second kappa shape index (κ2) is 5.46. The van der Waals surface area contributed by atoms with Gasteiger partial charge in [0.05, 0.1) is 5.41 Å². The molecule has 1 heterocycles. The van der Waals surface area contributed by atoms with E-state index in [0.29, 0.717) is 35.5 Å². The molecule has 0 amide bonds. The average molecular weight is 331 g/mol. The van der Waals surface area contributed by atoms with E-state index in [1.807, 2.05) is 18.2 Å². The molecule has 1 aliphatic carbocycles. The number of ether oxygens (including phenoxy) is 3. The van der Waals surface area contributed by atoms with Crippen LogP contribution in [-0.2, 0) is 10.2 Å². The highest BCUT2D eigenvalue weighted by Gasteiger charge is 2.53. The minimum atomic E-state index is -0.571. The van der Waals surface area contributed by atoms with Crippen LogP contribution in [0.2, 0.25) is 5.02 Å². The van der Waals surface area contributed by atoms with Crippen LogP contribution in [0.25, 0.3) is 0 Å². The number of fused-ring (bicyclic) bond motifs is 1. The number of hydrogen-bond acceptors (Lipinski definition) is 4. The highest BCUT2D eigenvalue weighted by atomic mass is 35.5. The Balaban J connectivity index is 1.56. The fraction of sp³-hybridized carbons (Fsp3) is 0.278. The van der Waals surface area contributed by atoms with Gasteiger partial charge in [0.25, 0.3) is 0 Å². The monoisotopic (exact) mass is 330 g/mol. The number of halogens is 1. The lowest BCUT2D eigenvalue weighted by Crippen LogP contribution is -2.26. The summed E-state index contributed by atoms with van der Waals surface area (Å²) < 4.78 is 16.6. The van der Waals surface area contributed by atoms with E-state index < -0.39 is 5.41 Å². The molecular weight excluding hydrogens is 316 g/mol. The van der Waals surface area contributed by atoms with Gasteiger partial charge in [0.2, 0.25) is 0 Å².